The SMILES string of the molecule is COC(=O)[C@H](CCCNC(=O)[C@H](CC(C)C)NC(=O)[C@@H](O)[C@H](C)NC(=O)OC(C)(C)C)NC(=O)OCc1ccccc1. The molecule has 0 spiro atoms. The van der Waals surface area contributed by atoms with Crippen LogP contribution in [0.2, 0.25) is 0 Å². The summed E-state index contributed by atoms with van der Waals surface area (Å²) in [5.41, 5.74) is 0.0325. The first-order valence-corrected chi connectivity index (χ1v) is 13.9. The molecule has 0 aliphatic rings. The third-order valence-corrected chi connectivity index (χ3v) is 5.79. The van der Waals surface area contributed by atoms with Crippen molar-refractivity contribution in [3.63, 3.8) is 0 Å². The average molecular weight is 595 g/mol. The number of carbonyl (C=O) groups is 5. The average Bonchev–Trinajstić information content (AvgIpc) is 2.91. The number of amides is 4. The highest BCUT2D eigenvalue weighted by Gasteiger charge is 2.30. The van der Waals surface area contributed by atoms with Gasteiger partial charge in [-0.2, -0.15) is 0 Å². The fourth-order valence-corrected chi connectivity index (χ4v) is 3.70. The van der Waals surface area contributed by atoms with Gasteiger partial charge in [0.05, 0.1) is 13.2 Å². The monoisotopic (exact) mass is 594 g/mol. The Morgan fingerprint density at radius 2 is 1.52 bits per heavy atom. The van der Waals surface area contributed by atoms with Crippen LogP contribution in [0.1, 0.15) is 66.4 Å². The van der Waals surface area contributed by atoms with Gasteiger partial charge in [0, 0.05) is 6.54 Å². The molecule has 0 bridgehead atoms. The van der Waals surface area contributed by atoms with Gasteiger partial charge in [-0.05, 0) is 58.4 Å². The molecule has 4 atom stereocenters. The molecule has 1 rings (SSSR count). The summed E-state index contributed by atoms with van der Waals surface area (Å²) < 4.78 is 15.1. The molecule has 0 unspecified atom stereocenters. The number of alkyl carbamates (subject to hydrolysis) is 2. The standard InChI is InChI=1S/C29H46N4O9/c1-18(2)16-22(32-25(36)23(34)19(3)31-28(39)42-29(4,5)6)24(35)30-15-11-14-21(26(37)40-7)33-27(38)41-17-20-12-9-8-10-13-20/h8-10,12-13,18-19,21-23,34H,11,14-17H2,1-7H3,(H,30,35)(H,31,39)(H,32,36)(H,33,38)/t19-,21-,22-,23-/m0/s1. The molecule has 0 fully saturated rings. The predicted octanol–water partition coefficient (Wildman–Crippen LogP) is 2.16. The van der Waals surface area contributed by atoms with Crippen molar-refractivity contribution in [2.75, 3.05) is 13.7 Å². The Labute approximate surface area is 247 Å². The normalized spacial score (nSPS) is 14.0. The molecule has 0 heterocycles. The maximum absolute atomic E-state index is 12.9. The molecule has 1 aromatic carbocycles. The van der Waals surface area contributed by atoms with Crippen LogP contribution >= 0.6 is 0 Å². The van der Waals surface area contributed by atoms with Crippen LogP contribution in [0.15, 0.2) is 30.3 Å². The Kier molecular flexibility index (Phi) is 15.4. The molecule has 42 heavy (non-hydrogen) atoms. The van der Waals surface area contributed by atoms with Crippen molar-refractivity contribution in [1.82, 2.24) is 21.3 Å². The molecule has 13 nitrogen and oxygen atoms in total. The Morgan fingerprint density at radius 1 is 0.881 bits per heavy atom. The number of aliphatic hydroxyl groups excluding tert-OH is 1. The van der Waals surface area contributed by atoms with Gasteiger partial charge >= 0.3 is 18.2 Å². The van der Waals surface area contributed by atoms with Gasteiger partial charge in [-0.3, -0.25) is 9.59 Å². The van der Waals surface area contributed by atoms with Crippen LogP contribution in [0.5, 0.6) is 0 Å². The lowest BCUT2D eigenvalue weighted by molar-refractivity contribution is -0.143. The number of benzene rings is 1. The van der Waals surface area contributed by atoms with Crippen molar-refractivity contribution in [1.29, 1.82) is 0 Å². The zero-order chi connectivity index (χ0) is 31.9. The number of carbonyl (C=O) groups excluding carboxylic acids is 5. The molecule has 0 aromatic heterocycles. The summed E-state index contributed by atoms with van der Waals surface area (Å²) in [6.07, 6.45) is -2.46. The fraction of sp³-hybridized carbons (Fsp3) is 0.621. The van der Waals surface area contributed by atoms with Crippen LogP contribution in [0.4, 0.5) is 9.59 Å². The van der Waals surface area contributed by atoms with E-state index in [9.17, 15) is 29.1 Å². The van der Waals surface area contributed by atoms with Gasteiger partial charge in [0.15, 0.2) is 6.10 Å². The molecule has 0 saturated carbocycles. The van der Waals surface area contributed by atoms with Gasteiger partial charge in [-0.25, -0.2) is 14.4 Å². The maximum atomic E-state index is 12.9. The van der Waals surface area contributed by atoms with Gasteiger partial charge in [0.1, 0.15) is 24.3 Å². The number of rotatable bonds is 15. The van der Waals surface area contributed by atoms with Crippen LogP contribution < -0.4 is 21.3 Å². The van der Waals surface area contributed by atoms with Crippen LogP contribution in [0.3, 0.4) is 0 Å². The van der Waals surface area contributed by atoms with E-state index in [1.807, 2.05) is 32.0 Å². The second-order valence-electron chi connectivity index (χ2n) is 11.3. The highest BCUT2D eigenvalue weighted by molar-refractivity contribution is 5.89. The largest absolute Gasteiger partial charge is 0.467 e. The summed E-state index contributed by atoms with van der Waals surface area (Å²) in [7, 11) is 1.20. The van der Waals surface area contributed by atoms with Gasteiger partial charge in [-0.15, -0.1) is 0 Å². The topological polar surface area (TPSA) is 181 Å². The summed E-state index contributed by atoms with van der Waals surface area (Å²) >= 11 is 0. The third-order valence-electron chi connectivity index (χ3n) is 5.79. The van der Waals surface area contributed by atoms with Crippen LogP contribution in [-0.4, -0.2) is 78.6 Å². The van der Waals surface area contributed by atoms with E-state index in [-0.39, 0.29) is 31.9 Å². The second kappa shape index (κ2) is 17.8. The lowest BCUT2D eigenvalue weighted by Crippen LogP contribution is -2.55. The molecule has 0 saturated heterocycles. The zero-order valence-corrected chi connectivity index (χ0v) is 25.5. The number of esters is 1. The smallest absolute Gasteiger partial charge is 0.408 e. The van der Waals surface area contributed by atoms with E-state index >= 15 is 0 Å². The van der Waals surface area contributed by atoms with Crippen molar-refractivity contribution in [2.45, 2.75) is 97.2 Å². The molecule has 13 heteroatoms. The van der Waals surface area contributed by atoms with E-state index in [1.54, 1.807) is 32.9 Å². The molecule has 4 amide bonds. The van der Waals surface area contributed by atoms with E-state index in [2.05, 4.69) is 21.3 Å². The molecular formula is C29H46N4O9. The first kappa shape index (κ1) is 36.2. The Hall–Kier alpha value is -3.87. The van der Waals surface area contributed by atoms with Crippen molar-refractivity contribution >= 4 is 30.0 Å². The minimum Gasteiger partial charge on any atom is -0.467 e. The van der Waals surface area contributed by atoms with E-state index in [0.29, 0.717) is 6.42 Å². The summed E-state index contributed by atoms with van der Waals surface area (Å²) in [5, 5.41) is 20.6. The van der Waals surface area contributed by atoms with Gasteiger partial charge in [-0.1, -0.05) is 44.2 Å². The lowest BCUT2D eigenvalue weighted by Gasteiger charge is -2.26. The van der Waals surface area contributed by atoms with Crippen molar-refractivity contribution in [3.05, 3.63) is 35.9 Å². The number of nitrogens with one attached hydrogen (secondary N) is 4. The Bertz CT molecular complexity index is 1030. The molecule has 236 valence electrons. The third kappa shape index (κ3) is 14.7. The maximum Gasteiger partial charge on any atom is 0.408 e. The fourth-order valence-electron chi connectivity index (χ4n) is 3.70. The van der Waals surface area contributed by atoms with Gasteiger partial charge in [0.2, 0.25) is 5.91 Å². The van der Waals surface area contributed by atoms with Gasteiger partial charge < -0.3 is 40.6 Å². The summed E-state index contributed by atoms with van der Waals surface area (Å²) in [5.74, 6) is -1.94. The second-order valence-corrected chi connectivity index (χ2v) is 11.3. The highest BCUT2D eigenvalue weighted by atomic mass is 16.6. The quantitative estimate of drug-likeness (QED) is 0.115. The van der Waals surface area contributed by atoms with Crippen molar-refractivity contribution in [3.8, 4) is 0 Å². The highest BCUT2D eigenvalue weighted by Crippen LogP contribution is 2.09. The summed E-state index contributed by atoms with van der Waals surface area (Å²) in [4.78, 5) is 61.9. The molecular weight excluding hydrogens is 548 g/mol. The molecule has 0 aliphatic heterocycles. The van der Waals surface area contributed by atoms with Crippen molar-refractivity contribution in [2.24, 2.45) is 5.92 Å². The minimum absolute atomic E-state index is 0.0319. The number of aliphatic hydroxyl groups is 1. The first-order valence-electron chi connectivity index (χ1n) is 13.9. The molecule has 1 aromatic rings. The molecule has 0 radical (unpaired) electrons. The number of ether oxygens (including phenoxy) is 3. The number of hydrogen-bond acceptors (Lipinski definition) is 9. The van der Waals surface area contributed by atoms with E-state index in [1.165, 1.54) is 14.0 Å². The number of methoxy groups -OCH3 is 1. The Balaban J connectivity index is 2.62. The first-order chi connectivity index (χ1) is 19.6. The van der Waals surface area contributed by atoms with Crippen LogP contribution in [-0.2, 0) is 35.2 Å². The Morgan fingerprint density at radius 3 is 2.10 bits per heavy atom. The van der Waals surface area contributed by atoms with E-state index in [4.69, 9.17) is 14.2 Å². The van der Waals surface area contributed by atoms with Crippen LogP contribution in [0.25, 0.3) is 0 Å². The summed E-state index contributed by atoms with van der Waals surface area (Å²) in [6.45, 7) is 10.4. The predicted molar refractivity (Wildman–Crippen MR) is 154 cm³/mol. The molecule has 5 N–H and O–H groups in total. The van der Waals surface area contributed by atoms with Crippen molar-refractivity contribution < 1.29 is 43.3 Å². The van der Waals surface area contributed by atoms with Crippen LogP contribution in [0, 0.1) is 5.92 Å². The summed E-state index contributed by atoms with van der Waals surface area (Å²) in [6, 6.07) is 6.13. The molecule has 0 aliphatic carbocycles. The minimum atomic E-state index is -1.63. The zero-order valence-electron chi connectivity index (χ0n) is 25.5. The number of hydrogen-bond donors (Lipinski definition) is 5. The van der Waals surface area contributed by atoms with E-state index < -0.39 is 59.8 Å². The van der Waals surface area contributed by atoms with Gasteiger partial charge in [0.25, 0.3) is 5.91 Å². The lowest BCUT2D eigenvalue weighted by atomic mass is 10.0. The van der Waals surface area contributed by atoms with E-state index in [0.717, 1.165) is 5.56 Å².